The molecule has 1 aliphatic carbocycles. The number of hydrogen-bond donors (Lipinski definition) is 0. The lowest BCUT2D eigenvalue weighted by atomic mass is 9.90. The van der Waals surface area contributed by atoms with E-state index >= 15 is 0 Å². The minimum Gasteiger partial charge on any atom is -0.369 e. The Morgan fingerprint density at radius 3 is 2.65 bits per heavy atom. The molecule has 0 N–H and O–H groups in total. The standard InChI is InChI=1S/C22H32N2O2/c1-23(2)15-20-8-5-9-22(26-20)10-11-24(16-22)21(25)14-17-12-18-6-3-4-7-19(18)13-17/h3-4,6-7,17,20H,5,8-16H2,1-2H3/t20-,22+/m0/s1. The molecule has 4 nitrogen and oxygen atoms in total. The molecule has 4 rings (SSSR count). The molecule has 2 atom stereocenters. The molecule has 1 amide bonds. The Labute approximate surface area is 157 Å². The Hall–Kier alpha value is -1.39. The summed E-state index contributed by atoms with van der Waals surface area (Å²) >= 11 is 0. The highest BCUT2D eigenvalue weighted by Gasteiger charge is 2.44. The van der Waals surface area contributed by atoms with Gasteiger partial charge in [0.1, 0.15) is 0 Å². The first kappa shape index (κ1) is 18.0. The minimum absolute atomic E-state index is 0.0762. The van der Waals surface area contributed by atoms with Gasteiger partial charge in [0, 0.05) is 26.1 Å². The predicted molar refractivity (Wildman–Crippen MR) is 103 cm³/mol. The van der Waals surface area contributed by atoms with Crippen molar-refractivity contribution in [3.05, 3.63) is 35.4 Å². The van der Waals surface area contributed by atoms with E-state index in [2.05, 4.69) is 48.2 Å². The van der Waals surface area contributed by atoms with Crippen molar-refractivity contribution in [1.29, 1.82) is 0 Å². The van der Waals surface area contributed by atoms with Gasteiger partial charge in [-0.25, -0.2) is 0 Å². The molecule has 1 aromatic carbocycles. The molecule has 0 aromatic heterocycles. The normalized spacial score (nSPS) is 28.9. The van der Waals surface area contributed by atoms with Crippen molar-refractivity contribution in [2.45, 2.75) is 56.7 Å². The van der Waals surface area contributed by atoms with Crippen molar-refractivity contribution < 1.29 is 9.53 Å². The average Bonchev–Trinajstić information content (AvgIpc) is 3.18. The zero-order valence-corrected chi connectivity index (χ0v) is 16.2. The van der Waals surface area contributed by atoms with E-state index in [1.807, 2.05) is 0 Å². The molecule has 2 saturated heterocycles. The highest BCUT2D eigenvalue weighted by Crippen LogP contribution is 2.37. The second-order valence-electron chi connectivity index (χ2n) is 8.89. The number of benzene rings is 1. The summed E-state index contributed by atoms with van der Waals surface area (Å²) in [5.41, 5.74) is 2.79. The monoisotopic (exact) mass is 356 g/mol. The van der Waals surface area contributed by atoms with Crippen LogP contribution >= 0.6 is 0 Å². The van der Waals surface area contributed by atoms with Crippen LogP contribution in [0.15, 0.2) is 24.3 Å². The SMILES string of the molecule is CN(C)C[C@@H]1CCC[C@]2(CCN(C(=O)CC3Cc4ccccc4C3)C2)O1. The fourth-order valence-corrected chi connectivity index (χ4v) is 5.19. The van der Waals surface area contributed by atoms with Crippen LogP contribution in [0.1, 0.15) is 43.2 Å². The smallest absolute Gasteiger partial charge is 0.222 e. The molecule has 0 bridgehead atoms. The first-order valence-electron chi connectivity index (χ1n) is 10.2. The lowest BCUT2D eigenvalue weighted by molar-refractivity contribution is -0.140. The molecular weight excluding hydrogens is 324 g/mol. The maximum Gasteiger partial charge on any atom is 0.222 e. The molecule has 1 aromatic rings. The quantitative estimate of drug-likeness (QED) is 0.832. The third-order valence-corrected chi connectivity index (χ3v) is 6.41. The van der Waals surface area contributed by atoms with Gasteiger partial charge in [-0.2, -0.15) is 0 Å². The van der Waals surface area contributed by atoms with Crippen LogP contribution in [0.2, 0.25) is 0 Å². The van der Waals surface area contributed by atoms with Crippen molar-refractivity contribution in [3.63, 3.8) is 0 Å². The Kier molecular flexibility index (Phi) is 5.07. The number of amides is 1. The van der Waals surface area contributed by atoms with Gasteiger partial charge in [0.05, 0.1) is 11.7 Å². The van der Waals surface area contributed by atoms with Gasteiger partial charge in [-0.05, 0) is 69.7 Å². The maximum absolute atomic E-state index is 12.9. The number of fused-ring (bicyclic) bond motifs is 1. The van der Waals surface area contributed by atoms with E-state index in [1.54, 1.807) is 0 Å². The number of likely N-dealkylation sites (N-methyl/N-ethyl adjacent to an activating group) is 1. The molecule has 0 radical (unpaired) electrons. The maximum atomic E-state index is 12.9. The largest absolute Gasteiger partial charge is 0.369 e. The van der Waals surface area contributed by atoms with Crippen LogP contribution in [0.3, 0.4) is 0 Å². The van der Waals surface area contributed by atoms with Crippen LogP contribution < -0.4 is 0 Å². The zero-order valence-electron chi connectivity index (χ0n) is 16.2. The molecule has 1 spiro atoms. The van der Waals surface area contributed by atoms with E-state index in [0.717, 1.165) is 51.7 Å². The average molecular weight is 357 g/mol. The molecule has 3 aliphatic rings. The number of hydrogen-bond acceptors (Lipinski definition) is 3. The van der Waals surface area contributed by atoms with Crippen molar-refractivity contribution in [2.24, 2.45) is 5.92 Å². The summed E-state index contributed by atoms with van der Waals surface area (Å²) in [5.74, 6) is 0.809. The molecule has 4 heteroatoms. The molecule has 142 valence electrons. The highest BCUT2D eigenvalue weighted by atomic mass is 16.5. The van der Waals surface area contributed by atoms with Gasteiger partial charge in [-0.15, -0.1) is 0 Å². The van der Waals surface area contributed by atoms with Gasteiger partial charge in [0.2, 0.25) is 5.91 Å². The Morgan fingerprint density at radius 2 is 1.96 bits per heavy atom. The van der Waals surface area contributed by atoms with E-state index < -0.39 is 0 Å². The fourth-order valence-electron chi connectivity index (χ4n) is 5.19. The fraction of sp³-hybridized carbons (Fsp3) is 0.682. The Bertz CT molecular complexity index is 634. The Morgan fingerprint density at radius 1 is 1.23 bits per heavy atom. The van der Waals surface area contributed by atoms with Gasteiger partial charge in [-0.1, -0.05) is 24.3 Å². The van der Waals surface area contributed by atoms with Crippen molar-refractivity contribution in [3.8, 4) is 0 Å². The topological polar surface area (TPSA) is 32.8 Å². The van der Waals surface area contributed by atoms with Crippen molar-refractivity contribution >= 4 is 5.91 Å². The van der Waals surface area contributed by atoms with Crippen molar-refractivity contribution in [1.82, 2.24) is 9.80 Å². The molecule has 2 heterocycles. The van der Waals surface area contributed by atoms with E-state index in [4.69, 9.17) is 4.74 Å². The second-order valence-corrected chi connectivity index (χ2v) is 8.89. The highest BCUT2D eigenvalue weighted by molar-refractivity contribution is 5.77. The molecule has 26 heavy (non-hydrogen) atoms. The summed E-state index contributed by atoms with van der Waals surface area (Å²) in [4.78, 5) is 17.2. The predicted octanol–water partition coefficient (Wildman–Crippen LogP) is 2.89. The first-order valence-corrected chi connectivity index (χ1v) is 10.2. The summed E-state index contributed by atoms with van der Waals surface area (Å²) in [6, 6.07) is 8.65. The van der Waals surface area contributed by atoms with Crippen LogP contribution in [-0.4, -0.2) is 61.1 Å². The summed E-state index contributed by atoms with van der Waals surface area (Å²) in [5, 5.41) is 0. The van der Waals surface area contributed by atoms with Gasteiger partial charge >= 0.3 is 0 Å². The van der Waals surface area contributed by atoms with Gasteiger partial charge in [0.15, 0.2) is 0 Å². The number of likely N-dealkylation sites (tertiary alicyclic amines) is 1. The number of nitrogens with zero attached hydrogens (tertiary/aromatic N) is 2. The van der Waals surface area contributed by atoms with Gasteiger partial charge < -0.3 is 14.5 Å². The Balaban J connectivity index is 1.32. The third-order valence-electron chi connectivity index (χ3n) is 6.41. The number of rotatable bonds is 4. The molecule has 2 aliphatic heterocycles. The molecule has 0 saturated carbocycles. The van der Waals surface area contributed by atoms with Crippen LogP contribution in [-0.2, 0) is 22.4 Å². The van der Waals surface area contributed by atoms with Crippen LogP contribution in [0, 0.1) is 5.92 Å². The summed E-state index contributed by atoms with van der Waals surface area (Å²) in [7, 11) is 4.21. The van der Waals surface area contributed by atoms with E-state index in [0.29, 0.717) is 24.3 Å². The zero-order chi connectivity index (χ0) is 18.1. The van der Waals surface area contributed by atoms with E-state index in [1.165, 1.54) is 17.5 Å². The number of ether oxygens (including phenoxy) is 1. The van der Waals surface area contributed by atoms with Gasteiger partial charge in [0.25, 0.3) is 0 Å². The van der Waals surface area contributed by atoms with Gasteiger partial charge in [-0.3, -0.25) is 4.79 Å². The lowest BCUT2D eigenvalue weighted by Gasteiger charge is -2.39. The van der Waals surface area contributed by atoms with Crippen LogP contribution in [0.5, 0.6) is 0 Å². The van der Waals surface area contributed by atoms with E-state index in [-0.39, 0.29) is 5.60 Å². The summed E-state index contributed by atoms with van der Waals surface area (Å²) in [6.07, 6.45) is 7.60. The minimum atomic E-state index is -0.0762. The number of carbonyl (C=O) groups excluding carboxylic acids is 1. The van der Waals surface area contributed by atoms with Crippen LogP contribution in [0.25, 0.3) is 0 Å². The molecule has 2 fully saturated rings. The van der Waals surface area contributed by atoms with E-state index in [9.17, 15) is 4.79 Å². The summed E-state index contributed by atoms with van der Waals surface area (Å²) in [6.45, 7) is 2.65. The van der Waals surface area contributed by atoms with Crippen molar-refractivity contribution in [2.75, 3.05) is 33.7 Å². The third kappa shape index (κ3) is 3.81. The first-order chi connectivity index (χ1) is 12.5. The molecule has 0 unspecified atom stereocenters. The second kappa shape index (κ2) is 7.32. The lowest BCUT2D eigenvalue weighted by Crippen LogP contribution is -2.46. The summed E-state index contributed by atoms with van der Waals surface area (Å²) < 4.78 is 6.51. The molecular formula is C22H32N2O2. The number of carbonyl (C=O) groups is 1. The van der Waals surface area contributed by atoms with Crippen LogP contribution in [0.4, 0.5) is 0 Å².